The van der Waals surface area contributed by atoms with E-state index in [0.29, 0.717) is 5.92 Å². The van der Waals surface area contributed by atoms with Gasteiger partial charge in [-0.1, -0.05) is 20.3 Å². The molecule has 2 bridgehead atoms. The molecular formula is C13H22O2. The van der Waals surface area contributed by atoms with Crippen molar-refractivity contribution in [3.63, 3.8) is 0 Å². The molecule has 0 radical (unpaired) electrons. The van der Waals surface area contributed by atoms with Crippen LogP contribution in [0.2, 0.25) is 0 Å². The topological polar surface area (TPSA) is 37.3 Å². The summed E-state index contributed by atoms with van der Waals surface area (Å²) in [5.41, 5.74) is 0. The molecule has 4 atom stereocenters. The predicted octanol–water partition coefficient (Wildman–Crippen LogP) is 3.17. The monoisotopic (exact) mass is 210 g/mol. The van der Waals surface area contributed by atoms with Crippen LogP contribution in [0.1, 0.15) is 46.0 Å². The van der Waals surface area contributed by atoms with E-state index in [-0.39, 0.29) is 11.8 Å². The lowest BCUT2D eigenvalue weighted by atomic mass is 9.79. The number of rotatable bonds is 4. The highest BCUT2D eigenvalue weighted by atomic mass is 16.4. The highest BCUT2D eigenvalue weighted by Crippen LogP contribution is 2.50. The van der Waals surface area contributed by atoms with Gasteiger partial charge in [0, 0.05) is 0 Å². The molecule has 0 amide bonds. The molecule has 2 heteroatoms. The third kappa shape index (κ3) is 2.19. The minimum atomic E-state index is -0.590. The summed E-state index contributed by atoms with van der Waals surface area (Å²) in [6, 6.07) is 0. The molecule has 2 aliphatic rings. The van der Waals surface area contributed by atoms with Crippen LogP contribution in [0.3, 0.4) is 0 Å². The van der Waals surface area contributed by atoms with E-state index in [1.54, 1.807) is 0 Å². The maximum Gasteiger partial charge on any atom is 0.306 e. The van der Waals surface area contributed by atoms with Gasteiger partial charge in [0.05, 0.1) is 5.92 Å². The third-order valence-electron chi connectivity index (χ3n) is 4.56. The van der Waals surface area contributed by atoms with Gasteiger partial charge in [0.25, 0.3) is 0 Å². The molecule has 0 aromatic rings. The van der Waals surface area contributed by atoms with Crippen molar-refractivity contribution in [1.82, 2.24) is 0 Å². The van der Waals surface area contributed by atoms with Gasteiger partial charge in [0.15, 0.2) is 0 Å². The molecule has 0 heterocycles. The highest BCUT2D eigenvalue weighted by molar-refractivity contribution is 5.70. The molecule has 2 rings (SSSR count). The lowest BCUT2D eigenvalue weighted by molar-refractivity contribution is -0.144. The summed E-state index contributed by atoms with van der Waals surface area (Å²) in [6.07, 6.45) is 6.38. The van der Waals surface area contributed by atoms with Crippen LogP contribution in [0.4, 0.5) is 0 Å². The molecule has 2 saturated carbocycles. The van der Waals surface area contributed by atoms with Crippen LogP contribution in [-0.4, -0.2) is 11.1 Å². The van der Waals surface area contributed by atoms with Crippen LogP contribution in [-0.2, 0) is 4.79 Å². The molecule has 86 valence electrons. The summed E-state index contributed by atoms with van der Waals surface area (Å²) in [4.78, 5) is 11.1. The zero-order valence-corrected chi connectivity index (χ0v) is 9.78. The Morgan fingerprint density at radius 1 is 1.33 bits per heavy atom. The van der Waals surface area contributed by atoms with Gasteiger partial charge in [0.1, 0.15) is 0 Å². The van der Waals surface area contributed by atoms with Crippen molar-refractivity contribution in [2.75, 3.05) is 0 Å². The largest absolute Gasteiger partial charge is 0.481 e. The zero-order valence-electron chi connectivity index (χ0n) is 9.78. The quantitative estimate of drug-likeness (QED) is 0.773. The first-order valence-corrected chi connectivity index (χ1v) is 6.30. The molecule has 2 fully saturated rings. The van der Waals surface area contributed by atoms with Gasteiger partial charge < -0.3 is 5.11 Å². The molecule has 2 nitrogen and oxygen atoms in total. The normalized spacial score (nSPS) is 36.1. The van der Waals surface area contributed by atoms with E-state index in [4.69, 9.17) is 0 Å². The van der Waals surface area contributed by atoms with E-state index >= 15 is 0 Å². The SMILES string of the molecule is CC(C)C(CC1CC2CCC1C2)C(=O)O. The van der Waals surface area contributed by atoms with Crippen LogP contribution >= 0.6 is 0 Å². The number of hydrogen-bond donors (Lipinski definition) is 1. The van der Waals surface area contributed by atoms with E-state index < -0.39 is 5.97 Å². The van der Waals surface area contributed by atoms with E-state index in [9.17, 15) is 9.90 Å². The van der Waals surface area contributed by atoms with Crippen LogP contribution in [0.15, 0.2) is 0 Å². The first-order valence-electron chi connectivity index (χ1n) is 6.30. The van der Waals surface area contributed by atoms with Crippen molar-refractivity contribution in [3.05, 3.63) is 0 Å². The summed E-state index contributed by atoms with van der Waals surface area (Å²) in [6.45, 7) is 4.07. The summed E-state index contributed by atoms with van der Waals surface area (Å²) in [7, 11) is 0. The number of hydrogen-bond acceptors (Lipinski definition) is 1. The fourth-order valence-electron chi connectivity index (χ4n) is 3.65. The minimum Gasteiger partial charge on any atom is -0.481 e. The van der Waals surface area contributed by atoms with E-state index in [0.717, 1.165) is 18.3 Å². The van der Waals surface area contributed by atoms with Gasteiger partial charge in [-0.15, -0.1) is 0 Å². The Labute approximate surface area is 92.1 Å². The van der Waals surface area contributed by atoms with Crippen LogP contribution in [0, 0.1) is 29.6 Å². The minimum absolute atomic E-state index is 0.116. The molecular weight excluding hydrogens is 188 g/mol. The van der Waals surface area contributed by atoms with Crippen molar-refractivity contribution >= 4 is 5.97 Å². The van der Waals surface area contributed by atoms with Crippen LogP contribution < -0.4 is 0 Å². The predicted molar refractivity (Wildman–Crippen MR) is 59.5 cm³/mol. The lowest BCUT2D eigenvalue weighted by Crippen LogP contribution is -2.25. The van der Waals surface area contributed by atoms with Crippen molar-refractivity contribution in [2.45, 2.75) is 46.0 Å². The molecule has 4 unspecified atom stereocenters. The summed E-state index contributed by atoms with van der Waals surface area (Å²) in [5, 5.41) is 9.17. The smallest absolute Gasteiger partial charge is 0.306 e. The van der Waals surface area contributed by atoms with Gasteiger partial charge in [0.2, 0.25) is 0 Å². The van der Waals surface area contributed by atoms with Gasteiger partial charge in [-0.05, 0) is 49.4 Å². The van der Waals surface area contributed by atoms with Crippen molar-refractivity contribution in [3.8, 4) is 0 Å². The Morgan fingerprint density at radius 3 is 2.47 bits per heavy atom. The number of aliphatic carboxylic acids is 1. The second-order valence-corrected chi connectivity index (χ2v) is 5.86. The Kier molecular flexibility index (Phi) is 3.03. The zero-order chi connectivity index (χ0) is 11.0. The van der Waals surface area contributed by atoms with Gasteiger partial charge >= 0.3 is 5.97 Å². The fraction of sp³-hybridized carbons (Fsp3) is 0.923. The maximum atomic E-state index is 11.1. The standard InChI is InChI=1S/C13H22O2/c1-8(2)12(13(14)15)7-11-6-9-3-4-10(11)5-9/h8-12H,3-7H2,1-2H3,(H,14,15). The molecule has 0 aromatic carbocycles. The maximum absolute atomic E-state index is 11.1. The first kappa shape index (κ1) is 11.0. The van der Waals surface area contributed by atoms with E-state index in [2.05, 4.69) is 0 Å². The van der Waals surface area contributed by atoms with Gasteiger partial charge in [-0.2, -0.15) is 0 Å². The molecule has 0 aliphatic heterocycles. The molecule has 2 aliphatic carbocycles. The van der Waals surface area contributed by atoms with Crippen LogP contribution in [0.25, 0.3) is 0 Å². The second kappa shape index (κ2) is 4.15. The number of carboxylic acids is 1. The average molecular weight is 210 g/mol. The number of fused-ring (bicyclic) bond motifs is 2. The number of carbonyl (C=O) groups is 1. The second-order valence-electron chi connectivity index (χ2n) is 5.86. The molecule has 0 saturated heterocycles. The lowest BCUT2D eigenvalue weighted by Gasteiger charge is -2.26. The summed E-state index contributed by atoms with van der Waals surface area (Å²) in [5.74, 6) is 2.08. The Hall–Kier alpha value is -0.530. The van der Waals surface area contributed by atoms with Crippen molar-refractivity contribution < 1.29 is 9.90 Å². The molecule has 0 aromatic heterocycles. The molecule has 0 spiro atoms. The Morgan fingerprint density at radius 2 is 2.07 bits per heavy atom. The molecule has 1 N–H and O–H groups in total. The first-order chi connectivity index (χ1) is 7.08. The van der Waals surface area contributed by atoms with Gasteiger partial charge in [-0.25, -0.2) is 0 Å². The van der Waals surface area contributed by atoms with E-state index in [1.807, 2.05) is 13.8 Å². The Balaban J connectivity index is 1.92. The summed E-state index contributed by atoms with van der Waals surface area (Å²) >= 11 is 0. The van der Waals surface area contributed by atoms with E-state index in [1.165, 1.54) is 25.7 Å². The highest BCUT2D eigenvalue weighted by Gasteiger charge is 2.41. The van der Waals surface area contributed by atoms with Crippen molar-refractivity contribution in [2.24, 2.45) is 29.6 Å². The number of carboxylic acid groups (broad SMARTS) is 1. The van der Waals surface area contributed by atoms with Crippen molar-refractivity contribution in [1.29, 1.82) is 0 Å². The third-order valence-corrected chi connectivity index (χ3v) is 4.56. The van der Waals surface area contributed by atoms with Gasteiger partial charge in [-0.3, -0.25) is 4.79 Å². The Bertz CT molecular complexity index is 247. The van der Waals surface area contributed by atoms with Crippen LogP contribution in [0.5, 0.6) is 0 Å². The molecule has 15 heavy (non-hydrogen) atoms. The summed E-state index contributed by atoms with van der Waals surface area (Å²) < 4.78 is 0. The fourth-order valence-corrected chi connectivity index (χ4v) is 3.65. The average Bonchev–Trinajstić information content (AvgIpc) is 2.73.